The Morgan fingerprint density at radius 3 is 1.58 bits per heavy atom. The van der Waals surface area contributed by atoms with E-state index in [2.05, 4.69) is 234 Å². The van der Waals surface area contributed by atoms with E-state index in [1.54, 1.807) is 5.56 Å². The number of fused-ring (bicyclic) bond motifs is 4. The zero-order valence-electron chi connectivity index (χ0n) is 37.7. The Morgan fingerprint density at radius 2 is 0.896 bits per heavy atom. The van der Waals surface area contributed by atoms with Gasteiger partial charge in [0.25, 0.3) is 0 Å². The van der Waals surface area contributed by atoms with Crippen LogP contribution >= 0.6 is 0 Å². The van der Waals surface area contributed by atoms with Crippen LogP contribution in [0.15, 0.2) is 224 Å². The highest BCUT2D eigenvalue weighted by molar-refractivity contribution is 6.09. The molecular weight excluding hydrogens is 809 g/mol. The molecule has 67 heavy (non-hydrogen) atoms. The molecule has 4 saturated carbocycles. The Morgan fingerprint density at radius 1 is 0.388 bits per heavy atom. The first-order valence-electron chi connectivity index (χ1n) is 24.6. The molecule has 0 amide bonds. The summed E-state index contributed by atoms with van der Waals surface area (Å²) in [6.45, 7) is 0. The van der Waals surface area contributed by atoms with Crippen LogP contribution < -0.4 is 4.90 Å². The summed E-state index contributed by atoms with van der Waals surface area (Å²) < 4.78 is 2.40. The van der Waals surface area contributed by atoms with Gasteiger partial charge in [0.1, 0.15) is 0 Å². The molecule has 2 bridgehead atoms. The average Bonchev–Trinajstić information content (AvgIpc) is 4.00. The standard InChI is InChI=1S/C65H52N2/c1-2-13-46(14-3-1)55-17-4-5-18-56(55)47-31-35-53(36-32-47)66(63-24-11-8-21-60(63)65-40-50-37-49-38-51(41-65)64(49)59(50)42-65)52-33-29-44(30-34-52)43-25-27-45(28-26-43)48-15-12-16-54(39-48)67-61-22-9-6-19-57(61)58-20-7-10-23-62(58)67/h1-36,39,49-51,59,64H,37-38,40-42H2/t49?,50-,51-,59?,64?,65?/m0/s1. The van der Waals surface area contributed by atoms with Gasteiger partial charge in [0.05, 0.1) is 11.0 Å². The first-order valence-corrected chi connectivity index (χ1v) is 24.6. The van der Waals surface area contributed by atoms with Crippen LogP contribution in [0.4, 0.5) is 17.1 Å². The third kappa shape index (κ3) is 6.22. The Labute approximate surface area is 393 Å². The number of rotatable bonds is 9. The van der Waals surface area contributed by atoms with E-state index in [9.17, 15) is 0 Å². The lowest BCUT2D eigenvalue weighted by molar-refractivity contribution is 0.00364. The van der Waals surface area contributed by atoms with Crippen molar-refractivity contribution in [1.82, 2.24) is 4.57 Å². The summed E-state index contributed by atoms with van der Waals surface area (Å²) in [5.74, 6) is 4.78. The molecule has 0 N–H and O–H groups in total. The van der Waals surface area contributed by atoms with Crippen LogP contribution in [-0.4, -0.2) is 4.57 Å². The second kappa shape index (κ2) is 15.3. The van der Waals surface area contributed by atoms with Crippen molar-refractivity contribution in [3.8, 4) is 50.2 Å². The highest BCUT2D eigenvalue weighted by atomic mass is 15.1. The van der Waals surface area contributed by atoms with Crippen LogP contribution in [0, 0.1) is 29.6 Å². The van der Waals surface area contributed by atoms with Crippen LogP contribution in [0.3, 0.4) is 0 Å². The van der Waals surface area contributed by atoms with Crippen LogP contribution in [0.5, 0.6) is 0 Å². The van der Waals surface area contributed by atoms with Gasteiger partial charge in [-0.2, -0.15) is 0 Å². The first-order chi connectivity index (χ1) is 33.2. The summed E-state index contributed by atoms with van der Waals surface area (Å²) >= 11 is 0. The quantitative estimate of drug-likeness (QED) is 0.140. The average molecular weight is 861 g/mol. The molecule has 10 aromatic rings. The lowest BCUT2D eigenvalue weighted by atomic mass is 9.52. The van der Waals surface area contributed by atoms with Gasteiger partial charge in [0.15, 0.2) is 0 Å². The van der Waals surface area contributed by atoms with Gasteiger partial charge in [0.2, 0.25) is 0 Å². The zero-order valence-corrected chi connectivity index (χ0v) is 37.7. The predicted molar refractivity (Wildman–Crippen MR) is 279 cm³/mol. The maximum Gasteiger partial charge on any atom is 0.0541 e. The Bertz CT molecular complexity index is 3410. The lowest BCUT2D eigenvalue weighted by Gasteiger charge is -2.53. The Kier molecular flexibility index (Phi) is 8.88. The molecule has 0 aliphatic heterocycles. The Hall–Kier alpha value is -7.42. The van der Waals surface area contributed by atoms with Gasteiger partial charge in [-0.25, -0.2) is 0 Å². The van der Waals surface area contributed by atoms with E-state index < -0.39 is 0 Å². The molecule has 14 rings (SSSR count). The van der Waals surface area contributed by atoms with Gasteiger partial charge in [-0.1, -0.05) is 170 Å². The molecule has 4 fully saturated rings. The summed E-state index contributed by atoms with van der Waals surface area (Å²) in [6.07, 6.45) is 7.04. The lowest BCUT2D eigenvalue weighted by Crippen LogP contribution is -2.46. The molecule has 0 saturated heterocycles. The van der Waals surface area contributed by atoms with E-state index >= 15 is 0 Å². The number of aromatic nitrogens is 1. The summed E-state index contributed by atoms with van der Waals surface area (Å²) in [6, 6.07) is 83.4. The van der Waals surface area contributed by atoms with Gasteiger partial charge in [-0.15, -0.1) is 0 Å². The van der Waals surface area contributed by atoms with Gasteiger partial charge in [-0.05, 0) is 172 Å². The van der Waals surface area contributed by atoms with Gasteiger partial charge >= 0.3 is 0 Å². The molecule has 322 valence electrons. The second-order valence-electron chi connectivity index (χ2n) is 20.2. The molecule has 0 spiro atoms. The number of nitrogens with zero attached hydrogens (tertiary/aromatic N) is 2. The van der Waals surface area contributed by atoms with Gasteiger partial charge in [-0.3, -0.25) is 0 Å². The minimum Gasteiger partial charge on any atom is -0.310 e. The van der Waals surface area contributed by atoms with Crippen molar-refractivity contribution in [2.24, 2.45) is 29.6 Å². The smallest absolute Gasteiger partial charge is 0.0541 e. The van der Waals surface area contributed by atoms with Crippen LogP contribution in [-0.2, 0) is 5.41 Å². The van der Waals surface area contributed by atoms with Crippen molar-refractivity contribution >= 4 is 38.9 Å². The van der Waals surface area contributed by atoms with E-state index in [1.165, 1.54) is 121 Å². The van der Waals surface area contributed by atoms with Crippen molar-refractivity contribution in [1.29, 1.82) is 0 Å². The predicted octanol–water partition coefficient (Wildman–Crippen LogP) is 17.2. The number of para-hydroxylation sites is 3. The van der Waals surface area contributed by atoms with E-state index in [0.29, 0.717) is 0 Å². The fourth-order valence-electron chi connectivity index (χ4n) is 14.1. The number of benzene rings is 9. The van der Waals surface area contributed by atoms with Crippen molar-refractivity contribution in [3.63, 3.8) is 0 Å². The van der Waals surface area contributed by atoms with Crippen molar-refractivity contribution < 1.29 is 0 Å². The molecular formula is C65H52N2. The molecule has 6 atom stereocenters. The summed E-state index contributed by atoms with van der Waals surface area (Å²) in [4.78, 5) is 2.57. The zero-order chi connectivity index (χ0) is 44.1. The SMILES string of the molecule is c1ccc(-c2ccccc2-c2ccc(N(c3ccc(-c4ccc(-c5cccc(-n6c7ccccc7c7ccccc76)c5)cc4)cc3)c3ccccc3C34CC5C6C(C[C@H]5C3)C[C@H]6C4)cc2)cc1. The molecule has 2 heteroatoms. The minimum atomic E-state index is 0.260. The highest BCUT2D eigenvalue weighted by Gasteiger charge is 2.65. The maximum absolute atomic E-state index is 2.57. The largest absolute Gasteiger partial charge is 0.310 e. The molecule has 1 heterocycles. The van der Waals surface area contributed by atoms with Crippen molar-refractivity contribution in [2.45, 2.75) is 37.5 Å². The molecule has 9 aromatic carbocycles. The molecule has 4 aliphatic carbocycles. The second-order valence-corrected chi connectivity index (χ2v) is 20.2. The fraction of sp³-hybridized carbons (Fsp3) is 0.169. The highest BCUT2D eigenvalue weighted by Crippen LogP contribution is 2.73. The third-order valence-corrected chi connectivity index (χ3v) is 16.9. The third-order valence-electron chi connectivity index (χ3n) is 16.9. The van der Waals surface area contributed by atoms with Crippen molar-refractivity contribution in [3.05, 3.63) is 230 Å². The monoisotopic (exact) mass is 860 g/mol. The molecule has 0 radical (unpaired) electrons. The van der Waals surface area contributed by atoms with Crippen molar-refractivity contribution in [2.75, 3.05) is 4.90 Å². The van der Waals surface area contributed by atoms with E-state index in [0.717, 1.165) is 29.6 Å². The fourth-order valence-corrected chi connectivity index (χ4v) is 14.1. The van der Waals surface area contributed by atoms with E-state index in [1.807, 2.05) is 0 Å². The normalized spacial score (nSPS) is 22.2. The maximum atomic E-state index is 2.57. The first kappa shape index (κ1) is 38.8. The number of hydrogen-bond donors (Lipinski definition) is 0. The van der Waals surface area contributed by atoms with E-state index in [-0.39, 0.29) is 5.41 Å². The van der Waals surface area contributed by atoms with Crippen LogP contribution in [0.25, 0.3) is 72.0 Å². The number of anilines is 3. The van der Waals surface area contributed by atoms with Crippen LogP contribution in [0.2, 0.25) is 0 Å². The Balaban J connectivity index is 0.812. The minimum absolute atomic E-state index is 0.260. The van der Waals surface area contributed by atoms with Crippen LogP contribution in [0.1, 0.15) is 37.7 Å². The molecule has 1 aromatic heterocycles. The topological polar surface area (TPSA) is 8.17 Å². The van der Waals surface area contributed by atoms with Gasteiger partial charge < -0.3 is 9.47 Å². The molecule has 4 aliphatic rings. The summed E-state index contributed by atoms with van der Waals surface area (Å²) in [5, 5.41) is 2.56. The van der Waals surface area contributed by atoms with E-state index in [4.69, 9.17) is 0 Å². The summed E-state index contributed by atoms with van der Waals surface area (Å²) in [7, 11) is 0. The molecule has 4 unspecified atom stereocenters. The summed E-state index contributed by atoms with van der Waals surface area (Å²) in [5.41, 5.74) is 19.0. The molecule has 2 nitrogen and oxygen atoms in total. The number of hydrogen-bond acceptors (Lipinski definition) is 1. The van der Waals surface area contributed by atoms with Gasteiger partial charge in [0, 0.05) is 33.5 Å².